The molecule has 1 aliphatic carbocycles. The molecule has 186 valence electrons. The van der Waals surface area contributed by atoms with E-state index in [1.165, 1.54) is 0 Å². The van der Waals surface area contributed by atoms with E-state index >= 15 is 0 Å². The van der Waals surface area contributed by atoms with Crippen molar-refractivity contribution in [1.29, 1.82) is 5.26 Å². The normalized spacial score (nSPS) is 13.7. The number of nitrogens with zero attached hydrogens (tertiary/aromatic N) is 6. The minimum absolute atomic E-state index is 0.0246. The number of nitrogens with two attached hydrogens (primary N) is 1. The maximum Gasteiger partial charge on any atom is 0.274 e. The molecule has 1 fully saturated rings. The van der Waals surface area contributed by atoms with Gasteiger partial charge in [0.25, 0.3) is 5.91 Å². The number of rotatable bonds is 5. The molecule has 3 aromatic heterocycles. The van der Waals surface area contributed by atoms with E-state index in [4.69, 9.17) is 22.3 Å². The highest BCUT2D eigenvalue weighted by atomic mass is 35.5. The number of carbonyl (C=O) groups is 1. The number of halogens is 1. The molecule has 6 rings (SSSR count). The highest BCUT2D eigenvalue weighted by Gasteiger charge is 2.49. The minimum atomic E-state index is -0.665. The Morgan fingerprint density at radius 3 is 2.68 bits per heavy atom. The van der Waals surface area contributed by atoms with Crippen LogP contribution in [0, 0.1) is 18.3 Å². The van der Waals surface area contributed by atoms with Crippen LogP contribution in [0.4, 0.5) is 5.82 Å². The van der Waals surface area contributed by atoms with Crippen molar-refractivity contribution in [2.24, 2.45) is 0 Å². The van der Waals surface area contributed by atoms with Crippen LogP contribution in [-0.2, 0) is 5.54 Å². The van der Waals surface area contributed by atoms with E-state index < -0.39 is 11.4 Å². The van der Waals surface area contributed by atoms with Crippen molar-refractivity contribution in [3.63, 3.8) is 0 Å². The lowest BCUT2D eigenvalue weighted by Gasteiger charge is -2.18. The average Bonchev–Trinajstić information content (AvgIpc) is 3.54. The van der Waals surface area contributed by atoms with Gasteiger partial charge < -0.3 is 11.1 Å². The Hall–Kier alpha value is -4.88. The third-order valence-electron chi connectivity index (χ3n) is 6.72. The third kappa shape index (κ3) is 3.90. The molecule has 11 heteroatoms. The lowest BCUT2D eigenvalue weighted by atomic mass is 9.96. The molecule has 5 aromatic rings. The van der Waals surface area contributed by atoms with Gasteiger partial charge in [-0.05, 0) is 49.6 Å². The lowest BCUT2D eigenvalue weighted by Crippen LogP contribution is -2.37. The Balaban J connectivity index is 1.51. The number of aromatic nitrogens is 6. The van der Waals surface area contributed by atoms with Crippen LogP contribution in [0.15, 0.2) is 55.0 Å². The van der Waals surface area contributed by atoms with Crippen LogP contribution in [0.3, 0.4) is 0 Å². The molecule has 0 unspecified atom stereocenters. The van der Waals surface area contributed by atoms with Crippen molar-refractivity contribution in [3.8, 4) is 28.6 Å². The number of H-pyrrole nitrogens is 1. The first-order valence-electron chi connectivity index (χ1n) is 11.8. The van der Waals surface area contributed by atoms with Gasteiger partial charge in [0.05, 0.1) is 39.8 Å². The number of hydrogen-bond acceptors (Lipinski definition) is 8. The van der Waals surface area contributed by atoms with Crippen LogP contribution in [0.1, 0.15) is 40.3 Å². The quantitative estimate of drug-likeness (QED) is 0.308. The number of fused-ring (bicyclic) bond motifs is 1. The van der Waals surface area contributed by atoms with Crippen LogP contribution < -0.4 is 11.1 Å². The molecular weight excluding hydrogens is 502 g/mol. The van der Waals surface area contributed by atoms with Crippen LogP contribution in [0.2, 0.25) is 5.02 Å². The van der Waals surface area contributed by atoms with Crippen molar-refractivity contribution in [3.05, 3.63) is 82.7 Å². The summed E-state index contributed by atoms with van der Waals surface area (Å²) >= 11 is 6.55. The molecule has 4 N–H and O–H groups in total. The second-order valence-corrected chi connectivity index (χ2v) is 9.55. The number of anilines is 1. The Morgan fingerprint density at radius 1 is 1.16 bits per heavy atom. The number of nitrogen functional groups attached to an aromatic ring is 1. The third-order valence-corrected chi connectivity index (χ3v) is 7.02. The zero-order valence-electron chi connectivity index (χ0n) is 20.2. The number of nitriles is 1. The summed E-state index contributed by atoms with van der Waals surface area (Å²) in [5, 5.41) is 20.8. The van der Waals surface area contributed by atoms with E-state index in [0.29, 0.717) is 57.3 Å². The van der Waals surface area contributed by atoms with E-state index in [2.05, 4.69) is 36.5 Å². The van der Waals surface area contributed by atoms with Gasteiger partial charge in [-0.3, -0.25) is 9.89 Å². The molecule has 1 saturated carbocycles. The minimum Gasteiger partial charge on any atom is -0.382 e. The number of amides is 1. The molecule has 0 atom stereocenters. The molecule has 2 aromatic carbocycles. The first kappa shape index (κ1) is 23.5. The molecule has 0 bridgehead atoms. The predicted molar refractivity (Wildman–Crippen MR) is 142 cm³/mol. The fourth-order valence-electron chi connectivity index (χ4n) is 4.52. The predicted octanol–water partition coefficient (Wildman–Crippen LogP) is 4.31. The molecule has 38 heavy (non-hydrogen) atoms. The molecule has 0 aliphatic heterocycles. The zero-order chi connectivity index (χ0) is 26.4. The van der Waals surface area contributed by atoms with Gasteiger partial charge in [-0.2, -0.15) is 10.4 Å². The summed E-state index contributed by atoms with van der Waals surface area (Å²) < 4.78 is 0. The Kier molecular flexibility index (Phi) is 5.51. The smallest absolute Gasteiger partial charge is 0.274 e. The monoisotopic (exact) mass is 521 g/mol. The number of nitrogens with one attached hydrogen (secondary N) is 2. The number of hydrogen-bond donors (Lipinski definition) is 3. The van der Waals surface area contributed by atoms with Crippen molar-refractivity contribution >= 4 is 34.2 Å². The number of aromatic amines is 1. The van der Waals surface area contributed by atoms with Gasteiger partial charge >= 0.3 is 0 Å². The molecule has 1 aliphatic rings. The van der Waals surface area contributed by atoms with E-state index in [-0.39, 0.29) is 11.5 Å². The number of benzene rings is 2. The van der Waals surface area contributed by atoms with Crippen LogP contribution in [0.5, 0.6) is 0 Å². The molecule has 3 heterocycles. The summed E-state index contributed by atoms with van der Waals surface area (Å²) in [7, 11) is 0. The second-order valence-electron chi connectivity index (χ2n) is 9.15. The summed E-state index contributed by atoms with van der Waals surface area (Å²) in [6.45, 7) is 1.83. The van der Waals surface area contributed by atoms with Crippen molar-refractivity contribution in [1.82, 2.24) is 35.5 Å². The van der Waals surface area contributed by atoms with Crippen molar-refractivity contribution < 1.29 is 4.79 Å². The second kappa shape index (κ2) is 8.90. The van der Waals surface area contributed by atoms with Crippen LogP contribution in [-0.4, -0.2) is 36.0 Å². The molecule has 10 nitrogen and oxygen atoms in total. The molecular formula is C27H20ClN9O. The van der Waals surface area contributed by atoms with Crippen molar-refractivity contribution in [2.45, 2.75) is 25.3 Å². The van der Waals surface area contributed by atoms with Crippen molar-refractivity contribution in [2.75, 3.05) is 5.73 Å². The van der Waals surface area contributed by atoms with Gasteiger partial charge in [0.2, 0.25) is 0 Å². The van der Waals surface area contributed by atoms with Gasteiger partial charge in [-0.25, -0.2) is 19.9 Å². The summed E-state index contributed by atoms with van der Waals surface area (Å²) in [6.07, 6.45) is 6.34. The van der Waals surface area contributed by atoms with Crippen LogP contribution >= 0.6 is 11.6 Å². The highest BCUT2D eigenvalue weighted by Crippen LogP contribution is 2.44. The van der Waals surface area contributed by atoms with Crippen LogP contribution in [0.25, 0.3) is 33.4 Å². The van der Waals surface area contributed by atoms with Gasteiger partial charge in [0, 0.05) is 28.9 Å². The zero-order valence-corrected chi connectivity index (χ0v) is 20.9. The van der Waals surface area contributed by atoms with E-state index in [0.717, 1.165) is 10.9 Å². The Morgan fingerprint density at radius 2 is 1.95 bits per heavy atom. The van der Waals surface area contributed by atoms with Gasteiger partial charge in [0.15, 0.2) is 17.3 Å². The standard InChI is InChI=1S/C27H20ClN9O/c1-14-15(12-29)4-2-5-18(14)22-21(16-10-17-13-33-37-20(17)19(28)11-16)34-23(24(30)35-22)25(38)36-27(6-7-27)26-31-8-3-9-32-26/h2-5,8-11,13H,6-7H2,1H3,(H2,30,35)(H,33,37)(H,36,38). The Bertz CT molecular complexity index is 1770. The highest BCUT2D eigenvalue weighted by molar-refractivity contribution is 6.35. The summed E-state index contributed by atoms with van der Waals surface area (Å²) in [5.41, 5.74) is 9.66. The van der Waals surface area contributed by atoms with Gasteiger partial charge in [-0.15, -0.1) is 0 Å². The Labute approximate surface area is 221 Å². The molecule has 0 spiro atoms. The SMILES string of the molecule is Cc1c(C#N)cccc1-c1nc(N)c(C(=O)NC2(c3ncccn3)CC2)nc1-c1cc(Cl)c2[nH]ncc2c1. The van der Waals surface area contributed by atoms with Gasteiger partial charge in [0.1, 0.15) is 5.54 Å². The van der Waals surface area contributed by atoms with E-state index in [9.17, 15) is 10.1 Å². The first-order valence-corrected chi connectivity index (χ1v) is 12.2. The summed E-state index contributed by atoms with van der Waals surface area (Å²) in [6, 6.07) is 12.9. The summed E-state index contributed by atoms with van der Waals surface area (Å²) in [4.78, 5) is 31.5. The maximum absolute atomic E-state index is 13.5. The topological polar surface area (TPSA) is 159 Å². The van der Waals surface area contributed by atoms with E-state index in [1.807, 2.05) is 19.1 Å². The maximum atomic E-state index is 13.5. The van der Waals surface area contributed by atoms with Gasteiger partial charge in [-0.1, -0.05) is 23.7 Å². The fourth-order valence-corrected chi connectivity index (χ4v) is 4.79. The molecule has 1 amide bonds. The largest absolute Gasteiger partial charge is 0.382 e. The first-order chi connectivity index (χ1) is 18.4. The van der Waals surface area contributed by atoms with E-state index in [1.54, 1.807) is 42.9 Å². The molecule has 0 radical (unpaired) electrons. The average molecular weight is 522 g/mol. The number of carbonyl (C=O) groups excluding carboxylic acids is 1. The summed E-state index contributed by atoms with van der Waals surface area (Å²) in [5.74, 6) is 0.0203. The fraction of sp³-hybridized carbons (Fsp3) is 0.148. The lowest BCUT2D eigenvalue weighted by molar-refractivity contribution is 0.0924. The molecule has 0 saturated heterocycles.